The smallest absolute Gasteiger partial charge is 0.108 e. The lowest BCUT2D eigenvalue weighted by Crippen LogP contribution is -2.52. The number of nitrogens with zero attached hydrogens (tertiary/aromatic N) is 3. The second kappa shape index (κ2) is 7.65. The number of nitriles is 1. The third-order valence-corrected chi connectivity index (χ3v) is 3.37. The summed E-state index contributed by atoms with van der Waals surface area (Å²) in [6.07, 6.45) is 1.08. The second-order valence-electron chi connectivity index (χ2n) is 5.07. The molecular formula is C13H26N4. The zero-order valence-corrected chi connectivity index (χ0v) is 11.4. The molecule has 0 aromatic heterocycles. The van der Waals surface area contributed by atoms with Gasteiger partial charge in [0.15, 0.2) is 0 Å². The average Bonchev–Trinajstić information content (AvgIpc) is 2.35. The maximum absolute atomic E-state index is 9.07. The van der Waals surface area contributed by atoms with Crippen LogP contribution in [-0.2, 0) is 0 Å². The Morgan fingerprint density at radius 3 is 2.35 bits per heavy atom. The summed E-state index contributed by atoms with van der Waals surface area (Å²) in [6.45, 7) is 12.9. The molecule has 1 fully saturated rings. The summed E-state index contributed by atoms with van der Waals surface area (Å²) in [5, 5.41) is 12.4. The predicted octanol–water partition coefficient (Wildman–Crippen LogP) is 0.904. The van der Waals surface area contributed by atoms with E-state index in [1.165, 1.54) is 0 Å². The van der Waals surface area contributed by atoms with Crippen molar-refractivity contribution in [1.82, 2.24) is 15.1 Å². The lowest BCUT2D eigenvalue weighted by atomic mass is 10.2. The van der Waals surface area contributed by atoms with Gasteiger partial charge in [0.1, 0.15) is 6.04 Å². The van der Waals surface area contributed by atoms with Crippen LogP contribution in [0.15, 0.2) is 0 Å². The van der Waals surface area contributed by atoms with E-state index in [0.717, 1.165) is 45.7 Å². The van der Waals surface area contributed by atoms with Gasteiger partial charge in [-0.1, -0.05) is 6.92 Å². The third kappa shape index (κ3) is 5.03. The predicted molar refractivity (Wildman–Crippen MR) is 70.8 cm³/mol. The molecule has 0 amide bonds. The number of nitrogens with one attached hydrogen (secondary N) is 1. The van der Waals surface area contributed by atoms with Crippen LogP contribution in [0.3, 0.4) is 0 Å². The molecule has 17 heavy (non-hydrogen) atoms. The Hall–Kier alpha value is -0.630. The molecule has 0 radical (unpaired) electrons. The van der Waals surface area contributed by atoms with Crippen molar-refractivity contribution in [3.8, 4) is 6.07 Å². The highest BCUT2D eigenvalue weighted by Gasteiger charge is 2.20. The quantitative estimate of drug-likeness (QED) is 0.747. The van der Waals surface area contributed by atoms with Crippen LogP contribution in [0.5, 0.6) is 0 Å². The minimum Gasteiger partial charge on any atom is -0.301 e. The van der Waals surface area contributed by atoms with E-state index in [4.69, 9.17) is 5.26 Å². The van der Waals surface area contributed by atoms with E-state index in [-0.39, 0.29) is 6.04 Å². The van der Waals surface area contributed by atoms with E-state index in [1.54, 1.807) is 0 Å². The first-order valence-corrected chi connectivity index (χ1v) is 6.76. The van der Waals surface area contributed by atoms with Crippen LogP contribution in [0.1, 0.15) is 27.2 Å². The fourth-order valence-corrected chi connectivity index (χ4v) is 2.19. The van der Waals surface area contributed by atoms with Crippen molar-refractivity contribution in [2.45, 2.75) is 39.3 Å². The molecule has 98 valence electrons. The average molecular weight is 238 g/mol. The van der Waals surface area contributed by atoms with Gasteiger partial charge < -0.3 is 5.32 Å². The van der Waals surface area contributed by atoms with Crippen LogP contribution in [0.4, 0.5) is 0 Å². The first-order valence-electron chi connectivity index (χ1n) is 6.76. The molecule has 0 saturated carbocycles. The molecule has 0 aromatic carbocycles. The third-order valence-electron chi connectivity index (χ3n) is 3.37. The van der Waals surface area contributed by atoms with Crippen molar-refractivity contribution in [3.63, 3.8) is 0 Å². The van der Waals surface area contributed by atoms with Crippen molar-refractivity contribution in [1.29, 1.82) is 5.26 Å². The summed E-state index contributed by atoms with van der Waals surface area (Å²) < 4.78 is 0. The highest BCUT2D eigenvalue weighted by Crippen LogP contribution is 2.06. The van der Waals surface area contributed by atoms with Crippen molar-refractivity contribution in [2.24, 2.45) is 0 Å². The first kappa shape index (κ1) is 14.4. The zero-order chi connectivity index (χ0) is 12.7. The minimum atomic E-state index is -0.0134. The highest BCUT2D eigenvalue weighted by atomic mass is 15.3. The maximum Gasteiger partial charge on any atom is 0.108 e. The molecule has 4 heteroatoms. The number of rotatable bonds is 6. The van der Waals surface area contributed by atoms with Gasteiger partial charge in [-0.15, -0.1) is 0 Å². The van der Waals surface area contributed by atoms with E-state index < -0.39 is 0 Å². The number of hydrogen-bond donors (Lipinski definition) is 1. The molecule has 0 bridgehead atoms. The Balaban J connectivity index is 2.27. The van der Waals surface area contributed by atoms with Gasteiger partial charge in [0.2, 0.25) is 0 Å². The number of piperazine rings is 1. The van der Waals surface area contributed by atoms with Crippen molar-refractivity contribution in [2.75, 3.05) is 39.3 Å². The highest BCUT2D eigenvalue weighted by molar-refractivity contribution is 4.92. The molecule has 4 nitrogen and oxygen atoms in total. The molecule has 0 spiro atoms. The largest absolute Gasteiger partial charge is 0.301 e. The van der Waals surface area contributed by atoms with Crippen LogP contribution < -0.4 is 5.32 Å². The normalized spacial score (nSPS) is 20.4. The standard InChI is InChI=1S/C13H26N4/c1-4-5-15-13(10-14)11-16-6-8-17(9-7-16)12(2)3/h12-13,15H,4-9,11H2,1-3H3. The Morgan fingerprint density at radius 1 is 1.24 bits per heavy atom. The topological polar surface area (TPSA) is 42.3 Å². The van der Waals surface area contributed by atoms with Crippen LogP contribution in [0.2, 0.25) is 0 Å². The van der Waals surface area contributed by atoms with E-state index in [2.05, 4.69) is 42.0 Å². The molecule has 1 saturated heterocycles. The van der Waals surface area contributed by atoms with Gasteiger partial charge in [-0.25, -0.2) is 0 Å². The summed E-state index contributed by atoms with van der Waals surface area (Å²) in [7, 11) is 0. The van der Waals surface area contributed by atoms with Gasteiger partial charge >= 0.3 is 0 Å². The fraction of sp³-hybridized carbons (Fsp3) is 0.923. The molecule has 1 N–H and O–H groups in total. The zero-order valence-electron chi connectivity index (χ0n) is 11.4. The lowest BCUT2D eigenvalue weighted by molar-refractivity contribution is 0.105. The van der Waals surface area contributed by atoms with Crippen LogP contribution in [-0.4, -0.2) is 61.2 Å². The van der Waals surface area contributed by atoms with Crippen molar-refractivity contribution < 1.29 is 0 Å². The molecule has 1 rings (SSSR count). The fourth-order valence-electron chi connectivity index (χ4n) is 2.19. The molecule has 1 heterocycles. The molecule has 0 aromatic rings. The van der Waals surface area contributed by atoms with Gasteiger partial charge in [0, 0.05) is 38.8 Å². The molecule has 1 atom stereocenters. The SMILES string of the molecule is CCCNC(C#N)CN1CCN(C(C)C)CC1. The monoisotopic (exact) mass is 238 g/mol. The molecule has 1 unspecified atom stereocenters. The van der Waals surface area contributed by atoms with Crippen molar-refractivity contribution >= 4 is 0 Å². The number of hydrogen-bond acceptors (Lipinski definition) is 4. The van der Waals surface area contributed by atoms with Crippen LogP contribution >= 0.6 is 0 Å². The summed E-state index contributed by atoms with van der Waals surface area (Å²) >= 11 is 0. The molecule has 0 aliphatic carbocycles. The molecule has 1 aliphatic heterocycles. The summed E-state index contributed by atoms with van der Waals surface area (Å²) in [5.74, 6) is 0. The van der Waals surface area contributed by atoms with Crippen LogP contribution in [0.25, 0.3) is 0 Å². The van der Waals surface area contributed by atoms with Gasteiger partial charge in [0.25, 0.3) is 0 Å². The van der Waals surface area contributed by atoms with Crippen molar-refractivity contribution in [3.05, 3.63) is 0 Å². The van der Waals surface area contributed by atoms with E-state index in [9.17, 15) is 0 Å². The van der Waals surface area contributed by atoms with E-state index in [0.29, 0.717) is 6.04 Å². The van der Waals surface area contributed by atoms with Gasteiger partial charge in [-0.05, 0) is 26.8 Å². The Bertz CT molecular complexity index is 238. The van der Waals surface area contributed by atoms with Gasteiger partial charge in [-0.2, -0.15) is 5.26 Å². The Morgan fingerprint density at radius 2 is 1.88 bits per heavy atom. The van der Waals surface area contributed by atoms with Crippen LogP contribution in [0, 0.1) is 11.3 Å². The van der Waals surface area contributed by atoms with Gasteiger partial charge in [0.05, 0.1) is 6.07 Å². The summed E-state index contributed by atoms with van der Waals surface area (Å²) in [4.78, 5) is 4.90. The molecule has 1 aliphatic rings. The second-order valence-corrected chi connectivity index (χ2v) is 5.07. The summed E-state index contributed by atoms with van der Waals surface area (Å²) in [6, 6.07) is 2.98. The minimum absolute atomic E-state index is 0.0134. The summed E-state index contributed by atoms with van der Waals surface area (Å²) in [5.41, 5.74) is 0. The Labute approximate surface area is 106 Å². The first-order chi connectivity index (χ1) is 8.17. The van der Waals surface area contributed by atoms with E-state index >= 15 is 0 Å². The molecular weight excluding hydrogens is 212 g/mol. The maximum atomic E-state index is 9.07. The Kier molecular flexibility index (Phi) is 6.49. The van der Waals surface area contributed by atoms with E-state index in [1.807, 2.05) is 0 Å². The lowest BCUT2D eigenvalue weighted by Gasteiger charge is -2.37. The van der Waals surface area contributed by atoms with Gasteiger partial charge in [-0.3, -0.25) is 9.80 Å².